The maximum Gasteiger partial charge on any atom is 0.0677 e. The van der Waals surface area contributed by atoms with Crippen LogP contribution in [-0.4, -0.2) is 0 Å². The zero-order valence-corrected chi connectivity index (χ0v) is 10.9. The van der Waals surface area contributed by atoms with Crippen molar-refractivity contribution in [1.82, 2.24) is 0 Å². The van der Waals surface area contributed by atoms with E-state index in [0.717, 1.165) is 21.5 Å². The van der Waals surface area contributed by atoms with Gasteiger partial charge in [0.1, 0.15) is 0 Å². The fourth-order valence-corrected chi connectivity index (χ4v) is 2.91. The molecule has 3 aromatic carbocycles. The second-order valence-corrected chi connectivity index (χ2v) is 5.00. The summed E-state index contributed by atoms with van der Waals surface area (Å²) in [6.07, 6.45) is 0. The summed E-state index contributed by atoms with van der Waals surface area (Å²) in [5.74, 6) is 0. The Balaban J connectivity index is 2.72. The largest absolute Gasteiger partial charge is 0.0836 e. The van der Waals surface area contributed by atoms with Gasteiger partial charge in [-0.15, -0.1) is 0 Å². The molecule has 0 saturated heterocycles. The van der Waals surface area contributed by atoms with E-state index in [9.17, 15) is 0 Å². The molecule has 0 atom stereocenters. The average Bonchev–Trinajstić information content (AvgIpc) is 2.36. The second kappa shape index (κ2) is 4.06. The smallest absolute Gasteiger partial charge is 0.0677 e. The monoisotopic (exact) mass is 280 g/mol. The van der Waals surface area contributed by atoms with Crippen LogP contribution in [0.1, 0.15) is 0 Å². The minimum absolute atomic E-state index is 0.558. The lowest BCUT2D eigenvalue weighted by molar-refractivity contribution is 1.76. The van der Waals surface area contributed by atoms with E-state index in [-0.39, 0.29) is 0 Å². The Hall–Kier alpha value is -0.950. The molecule has 0 aliphatic carbocycles. The summed E-state index contributed by atoms with van der Waals surface area (Å²) < 4.78 is 0. The van der Waals surface area contributed by atoms with E-state index in [4.69, 9.17) is 34.8 Å². The van der Waals surface area contributed by atoms with Crippen LogP contribution < -0.4 is 0 Å². The molecule has 0 heterocycles. The van der Waals surface area contributed by atoms with Crippen LogP contribution in [-0.2, 0) is 0 Å². The summed E-state index contributed by atoms with van der Waals surface area (Å²) in [6.45, 7) is 0. The number of hydrogen-bond donors (Lipinski definition) is 0. The second-order valence-electron chi connectivity index (χ2n) is 3.84. The third kappa shape index (κ3) is 1.60. The third-order valence-electron chi connectivity index (χ3n) is 2.88. The van der Waals surface area contributed by atoms with E-state index in [0.29, 0.717) is 15.1 Å². The van der Waals surface area contributed by atoms with Crippen molar-refractivity contribution in [3.8, 4) is 0 Å². The van der Waals surface area contributed by atoms with E-state index in [1.165, 1.54) is 0 Å². The molecule has 17 heavy (non-hydrogen) atoms. The number of halogens is 3. The lowest BCUT2D eigenvalue weighted by atomic mass is 10.0. The molecule has 0 amide bonds. The van der Waals surface area contributed by atoms with Gasteiger partial charge in [0.2, 0.25) is 0 Å². The highest BCUT2D eigenvalue weighted by Crippen LogP contribution is 2.41. The molecule has 0 aliphatic rings. The Labute approximate surface area is 114 Å². The van der Waals surface area contributed by atoms with Gasteiger partial charge < -0.3 is 0 Å². The SMILES string of the molecule is Clc1c(Cl)c2cccc(Cl)c2c2ccccc12. The first-order valence-corrected chi connectivity index (χ1v) is 6.27. The molecule has 0 spiro atoms. The van der Waals surface area contributed by atoms with Gasteiger partial charge >= 0.3 is 0 Å². The van der Waals surface area contributed by atoms with Crippen molar-refractivity contribution in [1.29, 1.82) is 0 Å². The van der Waals surface area contributed by atoms with Gasteiger partial charge in [0.05, 0.1) is 10.0 Å². The van der Waals surface area contributed by atoms with E-state index < -0.39 is 0 Å². The summed E-state index contributed by atoms with van der Waals surface area (Å²) in [5.41, 5.74) is 0. The van der Waals surface area contributed by atoms with Crippen molar-refractivity contribution in [3.05, 3.63) is 57.5 Å². The highest BCUT2D eigenvalue weighted by atomic mass is 35.5. The van der Waals surface area contributed by atoms with Gasteiger partial charge in [-0.05, 0) is 11.5 Å². The van der Waals surface area contributed by atoms with Crippen LogP contribution in [0.2, 0.25) is 15.1 Å². The zero-order chi connectivity index (χ0) is 12.0. The number of fused-ring (bicyclic) bond motifs is 3. The van der Waals surface area contributed by atoms with Crippen LogP contribution in [0.3, 0.4) is 0 Å². The van der Waals surface area contributed by atoms with Crippen molar-refractivity contribution in [3.63, 3.8) is 0 Å². The van der Waals surface area contributed by atoms with Crippen molar-refractivity contribution in [2.24, 2.45) is 0 Å². The van der Waals surface area contributed by atoms with Gasteiger partial charge in [0, 0.05) is 21.2 Å². The molecule has 3 rings (SSSR count). The number of benzene rings is 3. The molecule has 0 bridgehead atoms. The van der Waals surface area contributed by atoms with E-state index in [1.807, 2.05) is 42.5 Å². The predicted molar refractivity (Wildman–Crippen MR) is 76.5 cm³/mol. The molecule has 0 aliphatic heterocycles. The number of rotatable bonds is 0. The molecule has 0 radical (unpaired) electrons. The molecule has 0 N–H and O–H groups in total. The normalized spacial score (nSPS) is 11.2. The molecular formula is C14H7Cl3. The van der Waals surface area contributed by atoms with Crippen LogP contribution in [0.4, 0.5) is 0 Å². The summed E-state index contributed by atoms with van der Waals surface area (Å²) in [7, 11) is 0. The number of hydrogen-bond acceptors (Lipinski definition) is 0. The topological polar surface area (TPSA) is 0 Å². The zero-order valence-electron chi connectivity index (χ0n) is 8.68. The standard InChI is InChI=1S/C14H7Cl3/c15-11-7-3-6-10-12(11)8-4-1-2-5-9(8)13(16)14(10)17/h1-7H. The first-order valence-electron chi connectivity index (χ1n) is 5.14. The van der Waals surface area contributed by atoms with Gasteiger partial charge in [-0.3, -0.25) is 0 Å². The van der Waals surface area contributed by atoms with E-state index >= 15 is 0 Å². The van der Waals surface area contributed by atoms with Crippen molar-refractivity contribution in [2.45, 2.75) is 0 Å². The Morgan fingerprint density at radius 3 is 1.94 bits per heavy atom. The van der Waals surface area contributed by atoms with Crippen LogP contribution in [0, 0.1) is 0 Å². The molecule has 84 valence electrons. The Kier molecular flexibility index (Phi) is 2.67. The minimum atomic E-state index is 0.558. The molecule has 0 fully saturated rings. The summed E-state index contributed by atoms with van der Waals surface area (Å²) in [6, 6.07) is 13.5. The minimum Gasteiger partial charge on any atom is -0.0836 e. The van der Waals surface area contributed by atoms with Crippen LogP contribution in [0.5, 0.6) is 0 Å². The molecular weight excluding hydrogens is 275 g/mol. The fraction of sp³-hybridized carbons (Fsp3) is 0. The summed E-state index contributed by atoms with van der Waals surface area (Å²) in [5, 5.41) is 5.64. The summed E-state index contributed by atoms with van der Waals surface area (Å²) >= 11 is 18.8. The fourth-order valence-electron chi connectivity index (χ4n) is 2.11. The van der Waals surface area contributed by atoms with E-state index in [1.54, 1.807) is 0 Å². The molecule has 0 unspecified atom stereocenters. The van der Waals surface area contributed by atoms with Crippen LogP contribution >= 0.6 is 34.8 Å². The van der Waals surface area contributed by atoms with Crippen molar-refractivity contribution < 1.29 is 0 Å². The highest BCUT2D eigenvalue weighted by Gasteiger charge is 2.12. The van der Waals surface area contributed by atoms with Crippen molar-refractivity contribution >= 4 is 56.3 Å². The lowest BCUT2D eigenvalue weighted by Crippen LogP contribution is -1.82. The highest BCUT2D eigenvalue weighted by molar-refractivity contribution is 6.51. The van der Waals surface area contributed by atoms with Crippen molar-refractivity contribution in [2.75, 3.05) is 0 Å². The first kappa shape index (κ1) is 11.2. The third-order valence-corrected chi connectivity index (χ3v) is 4.07. The van der Waals surface area contributed by atoms with Crippen LogP contribution in [0.25, 0.3) is 21.5 Å². The maximum absolute atomic E-state index is 6.29. The molecule has 3 aromatic rings. The van der Waals surface area contributed by atoms with Gasteiger partial charge in [-0.2, -0.15) is 0 Å². The summed E-state index contributed by atoms with van der Waals surface area (Å²) in [4.78, 5) is 0. The van der Waals surface area contributed by atoms with Gasteiger partial charge in [0.25, 0.3) is 0 Å². The maximum atomic E-state index is 6.29. The first-order chi connectivity index (χ1) is 8.20. The predicted octanol–water partition coefficient (Wildman–Crippen LogP) is 5.95. The van der Waals surface area contributed by atoms with Gasteiger partial charge in [-0.25, -0.2) is 0 Å². The Morgan fingerprint density at radius 1 is 0.588 bits per heavy atom. The molecule has 0 saturated carbocycles. The quantitative estimate of drug-likeness (QED) is 0.446. The Bertz CT molecular complexity index is 732. The van der Waals surface area contributed by atoms with Gasteiger partial charge in [-0.1, -0.05) is 71.2 Å². The molecule has 3 heteroatoms. The van der Waals surface area contributed by atoms with E-state index in [2.05, 4.69) is 0 Å². The Morgan fingerprint density at radius 2 is 1.18 bits per heavy atom. The van der Waals surface area contributed by atoms with Gasteiger partial charge in [0.15, 0.2) is 0 Å². The lowest BCUT2D eigenvalue weighted by Gasteiger charge is -2.10. The molecule has 0 nitrogen and oxygen atoms in total. The molecule has 0 aromatic heterocycles. The van der Waals surface area contributed by atoms with Crippen LogP contribution in [0.15, 0.2) is 42.5 Å². The average molecular weight is 282 g/mol.